The number of carboxylic acids is 1. The average molecular weight is 230 g/mol. The highest BCUT2D eigenvalue weighted by Gasteiger charge is 2.39. The van der Waals surface area contributed by atoms with Crippen LogP contribution in [-0.2, 0) is 14.4 Å². The van der Waals surface area contributed by atoms with Crippen LogP contribution in [0.5, 0.6) is 0 Å². The molecule has 1 saturated heterocycles. The van der Waals surface area contributed by atoms with E-state index >= 15 is 0 Å². The Morgan fingerprint density at radius 1 is 1.56 bits per heavy atom. The molecule has 16 heavy (non-hydrogen) atoms. The van der Waals surface area contributed by atoms with E-state index in [1.165, 1.54) is 0 Å². The van der Waals surface area contributed by atoms with Crippen LogP contribution < -0.4 is 5.73 Å². The van der Waals surface area contributed by atoms with Gasteiger partial charge in [-0.15, -0.1) is 0 Å². The Morgan fingerprint density at radius 3 is 2.56 bits per heavy atom. The minimum absolute atomic E-state index is 0.0190. The number of hydrogen-bond acceptors (Lipinski definition) is 4. The number of hydrogen-bond donors (Lipinski definition) is 3. The first-order valence-electron chi connectivity index (χ1n) is 4.89. The lowest BCUT2D eigenvalue weighted by molar-refractivity contribution is -0.149. The van der Waals surface area contributed by atoms with Gasteiger partial charge in [-0.1, -0.05) is 0 Å². The van der Waals surface area contributed by atoms with Crippen LogP contribution in [0.25, 0.3) is 0 Å². The lowest BCUT2D eigenvalue weighted by Gasteiger charge is -2.23. The first-order chi connectivity index (χ1) is 7.47. The number of primary amides is 1. The number of carboxylic acid groups (broad SMARTS) is 1. The SMILES string of the molecule is NC(=O)C1CC(=O)N(C(CCO)C(=O)O)C1. The van der Waals surface area contributed by atoms with Crippen LogP contribution in [0.15, 0.2) is 0 Å². The quantitative estimate of drug-likeness (QED) is 0.512. The zero-order chi connectivity index (χ0) is 12.3. The highest BCUT2D eigenvalue weighted by atomic mass is 16.4. The van der Waals surface area contributed by atoms with Crippen molar-refractivity contribution in [3.63, 3.8) is 0 Å². The highest BCUT2D eigenvalue weighted by Crippen LogP contribution is 2.21. The largest absolute Gasteiger partial charge is 0.480 e. The Labute approximate surface area is 91.8 Å². The predicted octanol–water partition coefficient (Wildman–Crippen LogP) is -1.84. The van der Waals surface area contributed by atoms with E-state index in [1.807, 2.05) is 0 Å². The lowest BCUT2D eigenvalue weighted by Crippen LogP contribution is -2.43. The van der Waals surface area contributed by atoms with Gasteiger partial charge in [0.2, 0.25) is 11.8 Å². The molecule has 4 N–H and O–H groups in total. The van der Waals surface area contributed by atoms with E-state index in [-0.39, 0.29) is 26.0 Å². The maximum Gasteiger partial charge on any atom is 0.326 e. The molecule has 0 aromatic heterocycles. The molecule has 0 aromatic carbocycles. The van der Waals surface area contributed by atoms with Crippen molar-refractivity contribution in [3.8, 4) is 0 Å². The molecule has 1 fully saturated rings. The van der Waals surface area contributed by atoms with Gasteiger partial charge in [0.15, 0.2) is 0 Å². The summed E-state index contributed by atoms with van der Waals surface area (Å²) in [7, 11) is 0. The van der Waals surface area contributed by atoms with Crippen molar-refractivity contribution in [2.45, 2.75) is 18.9 Å². The second kappa shape index (κ2) is 4.93. The summed E-state index contributed by atoms with van der Waals surface area (Å²) in [5.74, 6) is -2.84. The Kier molecular flexibility index (Phi) is 3.83. The number of amides is 2. The van der Waals surface area contributed by atoms with Gasteiger partial charge >= 0.3 is 5.97 Å². The molecule has 0 aromatic rings. The second-order valence-corrected chi connectivity index (χ2v) is 3.72. The van der Waals surface area contributed by atoms with Crippen LogP contribution in [0.2, 0.25) is 0 Å². The normalized spacial score (nSPS) is 22.2. The standard InChI is InChI=1S/C9H14N2O5/c10-8(14)5-3-7(13)11(4-5)6(1-2-12)9(15)16/h5-6,12H,1-4H2,(H2,10,14)(H,15,16). The molecule has 7 nitrogen and oxygen atoms in total. The number of carbonyl (C=O) groups excluding carboxylic acids is 2. The first kappa shape index (κ1) is 12.4. The van der Waals surface area contributed by atoms with Crippen LogP contribution in [0.1, 0.15) is 12.8 Å². The summed E-state index contributed by atoms with van der Waals surface area (Å²) in [4.78, 5) is 34.3. The van der Waals surface area contributed by atoms with Crippen LogP contribution in [-0.4, -0.2) is 52.1 Å². The van der Waals surface area contributed by atoms with E-state index in [2.05, 4.69) is 0 Å². The Morgan fingerprint density at radius 2 is 2.19 bits per heavy atom. The van der Waals surface area contributed by atoms with Crippen LogP contribution in [0, 0.1) is 5.92 Å². The van der Waals surface area contributed by atoms with Crippen LogP contribution >= 0.6 is 0 Å². The molecule has 90 valence electrons. The maximum atomic E-state index is 11.5. The summed E-state index contributed by atoms with van der Waals surface area (Å²) < 4.78 is 0. The zero-order valence-corrected chi connectivity index (χ0v) is 8.63. The third-order valence-electron chi connectivity index (χ3n) is 2.62. The summed E-state index contributed by atoms with van der Waals surface area (Å²) in [5.41, 5.74) is 5.06. The molecule has 0 aliphatic carbocycles. The summed E-state index contributed by atoms with van der Waals surface area (Å²) in [6, 6.07) is -1.08. The van der Waals surface area contributed by atoms with Gasteiger partial charge in [0.1, 0.15) is 6.04 Å². The van der Waals surface area contributed by atoms with Gasteiger partial charge in [-0.3, -0.25) is 9.59 Å². The van der Waals surface area contributed by atoms with Gasteiger partial charge < -0.3 is 20.8 Å². The molecule has 0 saturated carbocycles. The fourth-order valence-corrected chi connectivity index (χ4v) is 1.76. The van der Waals surface area contributed by atoms with Gasteiger partial charge in [-0.05, 0) is 0 Å². The molecular formula is C9H14N2O5. The number of aliphatic hydroxyl groups excluding tert-OH is 1. The van der Waals surface area contributed by atoms with Gasteiger partial charge in [0, 0.05) is 26.0 Å². The molecule has 1 rings (SSSR count). The number of nitrogens with zero attached hydrogens (tertiary/aromatic N) is 1. The summed E-state index contributed by atoms with van der Waals surface area (Å²) >= 11 is 0. The van der Waals surface area contributed by atoms with E-state index in [0.717, 1.165) is 4.90 Å². The molecule has 2 atom stereocenters. The fourth-order valence-electron chi connectivity index (χ4n) is 1.76. The molecule has 1 aliphatic heterocycles. The molecule has 0 bridgehead atoms. The van der Waals surface area contributed by atoms with Crippen molar-refractivity contribution in [1.82, 2.24) is 4.90 Å². The van der Waals surface area contributed by atoms with Crippen molar-refractivity contribution in [1.29, 1.82) is 0 Å². The number of aliphatic carboxylic acids is 1. The van der Waals surface area contributed by atoms with E-state index in [0.29, 0.717) is 0 Å². The number of aliphatic hydroxyl groups is 1. The topological polar surface area (TPSA) is 121 Å². The van der Waals surface area contributed by atoms with Gasteiger partial charge in [-0.25, -0.2) is 4.79 Å². The van der Waals surface area contributed by atoms with Gasteiger partial charge in [0.05, 0.1) is 5.92 Å². The van der Waals surface area contributed by atoms with E-state index in [9.17, 15) is 14.4 Å². The fraction of sp³-hybridized carbons (Fsp3) is 0.667. The smallest absolute Gasteiger partial charge is 0.326 e. The number of carbonyl (C=O) groups is 3. The molecule has 2 amide bonds. The third kappa shape index (κ3) is 2.48. The summed E-state index contributed by atoms with van der Waals surface area (Å²) in [5, 5.41) is 17.6. The average Bonchev–Trinajstić information content (AvgIpc) is 2.56. The molecule has 0 spiro atoms. The molecule has 1 aliphatic rings. The molecule has 2 unspecified atom stereocenters. The molecule has 7 heteroatoms. The molecule has 0 radical (unpaired) electrons. The Balaban J connectivity index is 2.75. The zero-order valence-electron chi connectivity index (χ0n) is 8.63. The number of rotatable bonds is 5. The minimum Gasteiger partial charge on any atom is -0.480 e. The first-order valence-corrected chi connectivity index (χ1v) is 4.89. The van der Waals surface area contributed by atoms with E-state index in [4.69, 9.17) is 15.9 Å². The Bertz CT molecular complexity index is 317. The van der Waals surface area contributed by atoms with E-state index in [1.54, 1.807) is 0 Å². The van der Waals surface area contributed by atoms with Crippen LogP contribution in [0.4, 0.5) is 0 Å². The third-order valence-corrected chi connectivity index (χ3v) is 2.62. The minimum atomic E-state index is -1.19. The van der Waals surface area contributed by atoms with Gasteiger partial charge in [0.25, 0.3) is 0 Å². The van der Waals surface area contributed by atoms with E-state index < -0.39 is 29.7 Å². The summed E-state index contributed by atoms with van der Waals surface area (Å²) in [6.07, 6.45) is -0.100. The second-order valence-electron chi connectivity index (χ2n) is 3.72. The summed E-state index contributed by atoms with van der Waals surface area (Å²) in [6.45, 7) is -0.312. The maximum absolute atomic E-state index is 11.5. The highest BCUT2D eigenvalue weighted by molar-refractivity contribution is 5.91. The molecule has 1 heterocycles. The van der Waals surface area contributed by atoms with Crippen molar-refractivity contribution in [3.05, 3.63) is 0 Å². The van der Waals surface area contributed by atoms with Crippen LogP contribution in [0.3, 0.4) is 0 Å². The van der Waals surface area contributed by atoms with Crippen molar-refractivity contribution in [2.24, 2.45) is 11.7 Å². The Hall–Kier alpha value is -1.63. The van der Waals surface area contributed by atoms with Crippen molar-refractivity contribution < 1.29 is 24.6 Å². The van der Waals surface area contributed by atoms with Crippen molar-refractivity contribution in [2.75, 3.05) is 13.2 Å². The molecular weight excluding hydrogens is 216 g/mol. The lowest BCUT2D eigenvalue weighted by atomic mass is 10.1. The number of nitrogens with two attached hydrogens (primary N) is 1. The monoisotopic (exact) mass is 230 g/mol. The van der Waals surface area contributed by atoms with Crippen molar-refractivity contribution >= 4 is 17.8 Å². The predicted molar refractivity (Wildman–Crippen MR) is 52.1 cm³/mol. The number of likely N-dealkylation sites (tertiary alicyclic amines) is 1. The van der Waals surface area contributed by atoms with Gasteiger partial charge in [-0.2, -0.15) is 0 Å².